The van der Waals surface area contributed by atoms with Crippen LogP contribution < -0.4 is 0 Å². The van der Waals surface area contributed by atoms with Gasteiger partial charge in [-0.1, -0.05) is 22.8 Å². The first kappa shape index (κ1) is 13.1. The summed E-state index contributed by atoms with van der Waals surface area (Å²) in [5, 5.41) is 4.47. The van der Waals surface area contributed by atoms with Crippen LogP contribution in [0.1, 0.15) is 16.1 Å². The molecule has 0 saturated heterocycles. The van der Waals surface area contributed by atoms with Crippen LogP contribution in [-0.4, -0.2) is 18.2 Å². The average molecular weight is 331 g/mol. The first-order chi connectivity index (χ1) is 8.54. The van der Waals surface area contributed by atoms with Crippen molar-refractivity contribution < 1.29 is 14.1 Å². The van der Waals surface area contributed by atoms with E-state index in [1.54, 1.807) is 25.1 Å². The fourth-order valence-electron chi connectivity index (χ4n) is 1.56. The van der Waals surface area contributed by atoms with Crippen LogP contribution in [0.15, 0.2) is 27.2 Å². The van der Waals surface area contributed by atoms with Gasteiger partial charge in [-0.3, -0.25) is 0 Å². The van der Waals surface area contributed by atoms with E-state index in [-0.39, 0.29) is 0 Å². The number of rotatable bonds is 2. The van der Waals surface area contributed by atoms with E-state index >= 15 is 0 Å². The van der Waals surface area contributed by atoms with Crippen molar-refractivity contribution in [2.24, 2.45) is 0 Å². The first-order valence-corrected chi connectivity index (χ1v) is 6.21. The molecule has 0 radical (unpaired) electrons. The summed E-state index contributed by atoms with van der Waals surface area (Å²) < 4.78 is 10.5. The molecule has 2 aromatic rings. The third-order valence-corrected chi connectivity index (χ3v) is 3.66. The van der Waals surface area contributed by atoms with Crippen LogP contribution in [0.2, 0.25) is 5.02 Å². The van der Waals surface area contributed by atoms with Crippen molar-refractivity contribution >= 4 is 33.5 Å². The maximum Gasteiger partial charge on any atom is 0.343 e. The minimum Gasteiger partial charge on any atom is -0.465 e. The van der Waals surface area contributed by atoms with Crippen molar-refractivity contribution in [1.82, 2.24) is 5.16 Å². The third kappa shape index (κ3) is 2.28. The Morgan fingerprint density at radius 1 is 1.50 bits per heavy atom. The molecule has 1 aromatic heterocycles. The van der Waals surface area contributed by atoms with Crippen molar-refractivity contribution in [2.75, 3.05) is 7.11 Å². The maximum atomic E-state index is 11.7. The van der Waals surface area contributed by atoms with Gasteiger partial charge >= 0.3 is 5.97 Å². The van der Waals surface area contributed by atoms with Crippen LogP contribution in [0.25, 0.3) is 11.3 Å². The molecular formula is C12H9BrClNO3. The van der Waals surface area contributed by atoms with Crippen LogP contribution in [0, 0.1) is 6.92 Å². The van der Waals surface area contributed by atoms with Crippen molar-refractivity contribution in [3.63, 3.8) is 0 Å². The largest absolute Gasteiger partial charge is 0.465 e. The van der Waals surface area contributed by atoms with Gasteiger partial charge in [0.05, 0.1) is 12.1 Å². The van der Waals surface area contributed by atoms with Gasteiger partial charge in [0, 0.05) is 10.0 Å². The number of aromatic nitrogens is 1. The third-order valence-electron chi connectivity index (χ3n) is 2.45. The highest BCUT2D eigenvalue weighted by Gasteiger charge is 2.22. The zero-order chi connectivity index (χ0) is 13.3. The molecule has 2 rings (SSSR count). The SMILES string of the molecule is COC(=O)c1c(-c2ccc(Cl)c(Br)c2)noc1C. The summed E-state index contributed by atoms with van der Waals surface area (Å²) in [6, 6.07) is 5.24. The van der Waals surface area contributed by atoms with E-state index in [9.17, 15) is 4.79 Å². The molecule has 0 bridgehead atoms. The second kappa shape index (κ2) is 5.12. The monoisotopic (exact) mass is 329 g/mol. The second-order valence-electron chi connectivity index (χ2n) is 3.58. The molecule has 6 heteroatoms. The molecule has 0 spiro atoms. The van der Waals surface area contributed by atoms with Gasteiger partial charge < -0.3 is 9.26 Å². The van der Waals surface area contributed by atoms with Crippen LogP contribution in [0.4, 0.5) is 0 Å². The van der Waals surface area contributed by atoms with Gasteiger partial charge in [-0.25, -0.2) is 4.79 Å². The van der Waals surface area contributed by atoms with Gasteiger partial charge in [-0.2, -0.15) is 0 Å². The average Bonchev–Trinajstić information content (AvgIpc) is 2.74. The molecule has 0 fully saturated rings. The molecular weight excluding hydrogens is 321 g/mol. The highest BCUT2D eigenvalue weighted by molar-refractivity contribution is 9.10. The number of hydrogen-bond acceptors (Lipinski definition) is 4. The van der Waals surface area contributed by atoms with Gasteiger partial charge in [-0.15, -0.1) is 0 Å². The van der Waals surface area contributed by atoms with E-state index in [1.165, 1.54) is 7.11 Å². The Hall–Kier alpha value is -1.33. The standard InChI is InChI=1S/C12H9BrClNO3/c1-6-10(12(16)17-2)11(15-18-6)7-3-4-9(14)8(13)5-7/h3-5H,1-2H3. The van der Waals surface area contributed by atoms with E-state index in [0.717, 1.165) is 10.0 Å². The van der Waals surface area contributed by atoms with Gasteiger partial charge in [0.2, 0.25) is 0 Å². The highest BCUT2D eigenvalue weighted by atomic mass is 79.9. The molecule has 0 aliphatic heterocycles. The van der Waals surface area contributed by atoms with Gasteiger partial charge in [-0.05, 0) is 35.0 Å². The summed E-state index contributed by atoms with van der Waals surface area (Å²) >= 11 is 9.24. The van der Waals surface area contributed by atoms with Gasteiger partial charge in [0.1, 0.15) is 17.0 Å². The zero-order valence-electron chi connectivity index (χ0n) is 9.66. The number of benzene rings is 1. The number of carbonyl (C=O) groups is 1. The van der Waals surface area contributed by atoms with Crippen LogP contribution in [0.3, 0.4) is 0 Å². The minimum absolute atomic E-state index is 0.326. The Morgan fingerprint density at radius 2 is 2.22 bits per heavy atom. The number of halogens is 2. The van der Waals surface area contributed by atoms with Gasteiger partial charge in [0.25, 0.3) is 0 Å². The molecule has 4 nitrogen and oxygen atoms in total. The molecule has 1 aromatic carbocycles. The lowest BCUT2D eigenvalue weighted by molar-refractivity contribution is 0.0599. The Morgan fingerprint density at radius 3 is 2.83 bits per heavy atom. The van der Waals surface area contributed by atoms with E-state index < -0.39 is 5.97 Å². The number of nitrogens with zero attached hydrogens (tertiary/aromatic N) is 1. The Balaban J connectivity index is 2.57. The summed E-state index contributed by atoms with van der Waals surface area (Å²) in [6.07, 6.45) is 0. The highest BCUT2D eigenvalue weighted by Crippen LogP contribution is 2.31. The molecule has 0 amide bonds. The Labute approximate surface area is 117 Å². The minimum atomic E-state index is -0.477. The predicted octanol–water partition coefficient (Wildman–Crippen LogP) is 3.85. The topological polar surface area (TPSA) is 52.3 Å². The molecule has 1 heterocycles. The number of ether oxygens (including phenoxy) is 1. The summed E-state index contributed by atoms with van der Waals surface area (Å²) in [6.45, 7) is 1.66. The van der Waals surface area contributed by atoms with E-state index in [0.29, 0.717) is 22.0 Å². The predicted molar refractivity (Wildman–Crippen MR) is 70.7 cm³/mol. The van der Waals surface area contributed by atoms with Gasteiger partial charge in [0.15, 0.2) is 0 Å². The van der Waals surface area contributed by atoms with E-state index in [1.807, 2.05) is 0 Å². The lowest BCUT2D eigenvalue weighted by Crippen LogP contribution is -2.03. The number of hydrogen-bond donors (Lipinski definition) is 0. The Kier molecular flexibility index (Phi) is 3.73. The van der Waals surface area contributed by atoms with Crippen molar-refractivity contribution in [3.8, 4) is 11.3 Å². The van der Waals surface area contributed by atoms with E-state index in [4.69, 9.17) is 20.9 Å². The Bertz CT molecular complexity index is 609. The summed E-state index contributed by atoms with van der Waals surface area (Å²) in [5.41, 5.74) is 1.49. The quantitative estimate of drug-likeness (QED) is 0.785. The lowest BCUT2D eigenvalue weighted by atomic mass is 10.1. The molecule has 18 heavy (non-hydrogen) atoms. The van der Waals surface area contributed by atoms with Crippen LogP contribution in [0.5, 0.6) is 0 Å². The summed E-state index contributed by atoms with van der Waals surface area (Å²) in [4.78, 5) is 11.7. The molecule has 94 valence electrons. The molecule has 0 aliphatic carbocycles. The van der Waals surface area contributed by atoms with Crippen molar-refractivity contribution in [2.45, 2.75) is 6.92 Å². The molecule has 0 saturated carbocycles. The van der Waals surface area contributed by atoms with E-state index in [2.05, 4.69) is 21.1 Å². The smallest absolute Gasteiger partial charge is 0.343 e. The number of carbonyl (C=O) groups excluding carboxylic acids is 1. The molecule has 0 aliphatic rings. The molecule has 0 unspecified atom stereocenters. The zero-order valence-corrected chi connectivity index (χ0v) is 12.0. The number of aryl methyl sites for hydroxylation is 1. The van der Waals surface area contributed by atoms with Crippen LogP contribution >= 0.6 is 27.5 Å². The van der Waals surface area contributed by atoms with Crippen LogP contribution in [-0.2, 0) is 4.74 Å². The fraction of sp³-hybridized carbons (Fsp3) is 0.167. The maximum absolute atomic E-state index is 11.7. The van der Waals surface area contributed by atoms with Crippen molar-refractivity contribution in [3.05, 3.63) is 39.0 Å². The lowest BCUT2D eigenvalue weighted by Gasteiger charge is -2.02. The summed E-state index contributed by atoms with van der Waals surface area (Å²) in [5.74, 6) is -0.0576. The van der Waals surface area contributed by atoms with Crippen molar-refractivity contribution in [1.29, 1.82) is 0 Å². The summed E-state index contributed by atoms with van der Waals surface area (Å²) in [7, 11) is 1.32. The number of methoxy groups -OCH3 is 1. The number of esters is 1. The fourth-order valence-corrected chi connectivity index (χ4v) is 2.05. The molecule has 0 atom stereocenters. The second-order valence-corrected chi connectivity index (χ2v) is 4.84. The normalized spacial score (nSPS) is 10.4. The molecule has 0 N–H and O–H groups in total. The first-order valence-electron chi connectivity index (χ1n) is 5.04.